The lowest BCUT2D eigenvalue weighted by atomic mass is 10.0. The van der Waals surface area contributed by atoms with Crippen LogP contribution in [0.5, 0.6) is 5.75 Å². The second kappa shape index (κ2) is 8.79. The molecular formula is C23H21ClFNO6S. The van der Waals surface area contributed by atoms with Crippen LogP contribution >= 0.6 is 11.6 Å². The van der Waals surface area contributed by atoms with E-state index < -0.39 is 39.1 Å². The van der Waals surface area contributed by atoms with E-state index in [-0.39, 0.29) is 50.1 Å². The van der Waals surface area contributed by atoms with Crippen LogP contribution in [0.2, 0.25) is 5.02 Å². The largest absolute Gasteiger partial charge is 0.481 e. The average molecular weight is 494 g/mol. The van der Waals surface area contributed by atoms with Crippen LogP contribution in [0.3, 0.4) is 0 Å². The lowest BCUT2D eigenvalue weighted by molar-refractivity contribution is -0.127. The Bertz CT molecular complexity index is 1400. The van der Waals surface area contributed by atoms with Crippen molar-refractivity contribution in [3.8, 4) is 16.9 Å². The minimum atomic E-state index is -3.12. The third-order valence-corrected chi connectivity index (χ3v) is 7.60. The van der Waals surface area contributed by atoms with Crippen LogP contribution in [0.1, 0.15) is 19.1 Å². The van der Waals surface area contributed by atoms with Crippen LogP contribution < -0.4 is 15.5 Å². The van der Waals surface area contributed by atoms with Crippen molar-refractivity contribution in [2.75, 3.05) is 11.5 Å². The smallest absolute Gasteiger partial charge is 0.261 e. The minimum absolute atomic E-state index is 0.0214. The molecule has 1 N–H and O–H groups in total. The number of hydrogen-bond acceptors (Lipinski definition) is 6. The molecule has 2 aromatic carbocycles. The number of amides is 1. The number of carbonyl (C=O) groups excluding carboxylic acids is 1. The summed E-state index contributed by atoms with van der Waals surface area (Å²) >= 11 is 6.14. The topological polar surface area (TPSA) is 103 Å². The van der Waals surface area contributed by atoms with E-state index in [4.69, 9.17) is 20.8 Å². The summed E-state index contributed by atoms with van der Waals surface area (Å²) in [5, 5.41) is 2.98. The third kappa shape index (κ3) is 4.74. The number of nitrogens with one attached hydrogen (secondary N) is 1. The highest BCUT2D eigenvalue weighted by atomic mass is 35.5. The molecule has 0 unspecified atom stereocenters. The van der Waals surface area contributed by atoms with Gasteiger partial charge in [0.15, 0.2) is 15.9 Å². The first kappa shape index (κ1) is 23.3. The third-order valence-electron chi connectivity index (χ3n) is 5.51. The van der Waals surface area contributed by atoms with Gasteiger partial charge >= 0.3 is 0 Å². The van der Waals surface area contributed by atoms with E-state index >= 15 is 0 Å². The monoisotopic (exact) mass is 493 g/mol. The Kier molecular flexibility index (Phi) is 6.20. The van der Waals surface area contributed by atoms with Gasteiger partial charge in [-0.1, -0.05) is 17.7 Å². The SMILES string of the molecule is Cc1oc2cc(O[C@@H](C)C(=O)N[C@@H]3CCS(=O)(=O)C3)ccc2c(=O)c1-c1c(F)cccc1Cl. The number of rotatable bonds is 5. The number of hydrogen-bond donors (Lipinski definition) is 1. The zero-order valence-electron chi connectivity index (χ0n) is 17.9. The van der Waals surface area contributed by atoms with Gasteiger partial charge in [0.25, 0.3) is 5.91 Å². The lowest BCUT2D eigenvalue weighted by Crippen LogP contribution is -2.43. The molecule has 0 radical (unpaired) electrons. The molecule has 0 bridgehead atoms. The number of fused-ring (bicyclic) bond motifs is 1. The summed E-state index contributed by atoms with van der Waals surface area (Å²) in [6, 6.07) is 8.18. The summed E-state index contributed by atoms with van der Waals surface area (Å²) in [5.74, 6) is -0.643. The number of halogens is 2. The maximum Gasteiger partial charge on any atom is 0.261 e. The van der Waals surface area contributed by atoms with Gasteiger partial charge in [-0.2, -0.15) is 0 Å². The molecule has 0 spiro atoms. The van der Waals surface area contributed by atoms with Gasteiger partial charge in [0.05, 0.1) is 27.5 Å². The van der Waals surface area contributed by atoms with Gasteiger partial charge in [0, 0.05) is 17.7 Å². The van der Waals surface area contributed by atoms with Crippen molar-refractivity contribution in [2.24, 2.45) is 0 Å². The Balaban J connectivity index is 1.59. The highest BCUT2D eigenvalue weighted by molar-refractivity contribution is 7.91. The normalized spacial score (nSPS) is 18.2. The number of benzene rings is 2. The predicted octanol–water partition coefficient (Wildman–Crippen LogP) is 3.63. The number of aryl methyl sites for hydroxylation is 1. The molecule has 3 aromatic rings. The van der Waals surface area contributed by atoms with Gasteiger partial charge in [-0.15, -0.1) is 0 Å². The van der Waals surface area contributed by atoms with Gasteiger partial charge in [0.2, 0.25) is 5.43 Å². The average Bonchev–Trinajstić information content (AvgIpc) is 3.08. The van der Waals surface area contributed by atoms with Crippen LogP contribution in [-0.4, -0.2) is 38.0 Å². The van der Waals surface area contributed by atoms with Gasteiger partial charge in [0.1, 0.15) is 22.9 Å². The summed E-state index contributed by atoms with van der Waals surface area (Å²) in [6.45, 7) is 3.08. The van der Waals surface area contributed by atoms with E-state index in [2.05, 4.69) is 5.32 Å². The lowest BCUT2D eigenvalue weighted by Gasteiger charge is -2.17. The summed E-state index contributed by atoms with van der Waals surface area (Å²) in [4.78, 5) is 25.5. The van der Waals surface area contributed by atoms with Crippen LogP contribution in [0, 0.1) is 12.7 Å². The fourth-order valence-electron chi connectivity index (χ4n) is 3.87. The Morgan fingerprint density at radius 2 is 2.03 bits per heavy atom. The standard InChI is InChI=1S/C23H21ClFNO6S/c1-12-20(21-17(24)4-3-5-18(21)25)22(27)16-7-6-15(10-19(16)32-12)31-13(2)23(28)26-14-8-9-33(29,30)11-14/h3-7,10,13-14H,8-9,11H2,1-2H3,(H,26,28)/t13-,14+/m0/s1. The minimum Gasteiger partial charge on any atom is -0.481 e. The summed E-state index contributed by atoms with van der Waals surface area (Å²) in [6.07, 6.45) is -0.537. The molecule has 2 atom stereocenters. The van der Waals surface area contributed by atoms with Crippen molar-refractivity contribution in [1.29, 1.82) is 0 Å². The quantitative estimate of drug-likeness (QED) is 0.582. The Hall–Kier alpha value is -2.91. The highest BCUT2D eigenvalue weighted by Gasteiger charge is 2.30. The molecule has 0 aliphatic carbocycles. The van der Waals surface area contributed by atoms with Crippen LogP contribution in [0.15, 0.2) is 45.6 Å². The van der Waals surface area contributed by atoms with Gasteiger partial charge in [-0.25, -0.2) is 12.8 Å². The number of carbonyl (C=O) groups is 1. The molecule has 10 heteroatoms. The molecule has 4 rings (SSSR count). The Labute approximate surface area is 194 Å². The molecule has 0 saturated carbocycles. The molecule has 1 aliphatic heterocycles. The maximum absolute atomic E-state index is 14.4. The fraction of sp³-hybridized carbons (Fsp3) is 0.304. The van der Waals surface area contributed by atoms with Crippen LogP contribution in [0.4, 0.5) is 4.39 Å². The van der Waals surface area contributed by atoms with Crippen molar-refractivity contribution < 1.29 is 26.8 Å². The van der Waals surface area contributed by atoms with Crippen molar-refractivity contribution in [2.45, 2.75) is 32.4 Å². The summed E-state index contributed by atoms with van der Waals surface area (Å²) in [5.41, 5.74) is -0.216. The van der Waals surface area contributed by atoms with E-state index in [0.29, 0.717) is 6.42 Å². The first-order valence-electron chi connectivity index (χ1n) is 10.2. The molecular weight excluding hydrogens is 473 g/mol. The van der Waals surface area contributed by atoms with Crippen LogP contribution in [-0.2, 0) is 14.6 Å². The molecule has 1 fully saturated rings. The first-order chi connectivity index (χ1) is 15.6. The Morgan fingerprint density at radius 3 is 2.70 bits per heavy atom. The number of ether oxygens (including phenoxy) is 1. The van der Waals surface area contributed by atoms with Gasteiger partial charge in [-0.05, 0) is 44.5 Å². The van der Waals surface area contributed by atoms with E-state index in [1.54, 1.807) is 0 Å². The number of sulfone groups is 1. The van der Waals surface area contributed by atoms with Gasteiger partial charge < -0.3 is 14.5 Å². The van der Waals surface area contributed by atoms with Crippen molar-refractivity contribution in [1.82, 2.24) is 5.32 Å². The molecule has 1 amide bonds. The second-order valence-electron chi connectivity index (χ2n) is 7.99. The van der Waals surface area contributed by atoms with Crippen LogP contribution in [0.25, 0.3) is 22.1 Å². The highest BCUT2D eigenvalue weighted by Crippen LogP contribution is 2.33. The summed E-state index contributed by atoms with van der Waals surface area (Å²) in [7, 11) is -3.12. The summed E-state index contributed by atoms with van der Waals surface area (Å²) < 4.78 is 49.0. The maximum atomic E-state index is 14.4. The Morgan fingerprint density at radius 1 is 1.27 bits per heavy atom. The van der Waals surface area contributed by atoms with Gasteiger partial charge in [-0.3, -0.25) is 9.59 Å². The molecule has 7 nitrogen and oxygen atoms in total. The van der Waals surface area contributed by atoms with Crippen molar-refractivity contribution >= 4 is 38.3 Å². The molecule has 1 aromatic heterocycles. The predicted molar refractivity (Wildman–Crippen MR) is 123 cm³/mol. The van der Waals surface area contributed by atoms with E-state index in [1.807, 2.05) is 0 Å². The van der Waals surface area contributed by atoms with E-state index in [0.717, 1.165) is 0 Å². The van der Waals surface area contributed by atoms with Crippen molar-refractivity contribution in [3.05, 3.63) is 63.2 Å². The molecule has 2 heterocycles. The zero-order valence-corrected chi connectivity index (χ0v) is 19.4. The molecule has 33 heavy (non-hydrogen) atoms. The zero-order chi connectivity index (χ0) is 23.9. The molecule has 1 saturated heterocycles. The molecule has 1 aliphatic rings. The fourth-order valence-corrected chi connectivity index (χ4v) is 5.80. The first-order valence-corrected chi connectivity index (χ1v) is 12.4. The van der Waals surface area contributed by atoms with E-state index in [9.17, 15) is 22.4 Å². The second-order valence-corrected chi connectivity index (χ2v) is 10.6. The molecule has 174 valence electrons. The van der Waals surface area contributed by atoms with E-state index in [1.165, 1.54) is 50.2 Å². The van der Waals surface area contributed by atoms with Crippen molar-refractivity contribution in [3.63, 3.8) is 0 Å².